The lowest BCUT2D eigenvalue weighted by atomic mass is 10.1. The Kier molecular flexibility index (Phi) is 3.15. The smallest absolute Gasteiger partial charge is 0.233 e. The van der Waals surface area contributed by atoms with Crippen LogP contribution in [0.15, 0.2) is 24.4 Å². The number of ether oxygens (including phenoxy) is 1. The predicted molar refractivity (Wildman–Crippen MR) is 65.4 cm³/mol. The predicted octanol–water partition coefficient (Wildman–Crippen LogP) is 2.82. The molecule has 2 rings (SSSR count). The molecule has 4 nitrogen and oxygen atoms in total. The second-order valence-electron chi connectivity index (χ2n) is 3.57. The highest BCUT2D eigenvalue weighted by Crippen LogP contribution is 2.30. The average molecular weight is 251 g/mol. The zero-order chi connectivity index (χ0) is 12.4. The van der Waals surface area contributed by atoms with Gasteiger partial charge in [-0.15, -0.1) is 0 Å². The second-order valence-corrected chi connectivity index (χ2v) is 3.98. The summed E-state index contributed by atoms with van der Waals surface area (Å²) in [6, 6.07) is 5.65. The lowest BCUT2D eigenvalue weighted by molar-refractivity contribution is 0.415. The number of hydrogen-bond acceptors (Lipinski definition) is 4. The molecule has 5 heteroatoms. The Hall–Kier alpha value is -1.81. The van der Waals surface area contributed by atoms with Crippen molar-refractivity contribution in [1.29, 1.82) is 0 Å². The molecule has 0 spiro atoms. The van der Waals surface area contributed by atoms with Crippen molar-refractivity contribution in [3.05, 3.63) is 35.0 Å². The third kappa shape index (κ3) is 2.31. The van der Waals surface area contributed by atoms with Gasteiger partial charge in [0.05, 0.1) is 18.9 Å². The van der Waals surface area contributed by atoms with E-state index in [0.29, 0.717) is 17.1 Å². The van der Waals surface area contributed by atoms with Crippen molar-refractivity contribution in [2.24, 2.45) is 0 Å². The molecule has 88 valence electrons. The average Bonchev–Trinajstić information content (AvgIpc) is 2.32. The van der Waals surface area contributed by atoms with Crippen molar-refractivity contribution in [1.82, 2.24) is 9.97 Å². The molecule has 0 atom stereocenters. The van der Waals surface area contributed by atoms with Crippen molar-refractivity contribution >= 4 is 11.6 Å². The maximum atomic E-state index is 9.46. The number of hydrogen-bond donors (Lipinski definition) is 1. The van der Waals surface area contributed by atoms with Gasteiger partial charge in [0.1, 0.15) is 10.8 Å². The zero-order valence-electron chi connectivity index (χ0n) is 9.44. The molecule has 2 aromatic rings. The van der Waals surface area contributed by atoms with Gasteiger partial charge < -0.3 is 9.84 Å². The molecule has 0 radical (unpaired) electrons. The third-order valence-electron chi connectivity index (χ3n) is 2.32. The molecular weight excluding hydrogens is 240 g/mol. The van der Waals surface area contributed by atoms with E-state index in [1.807, 2.05) is 25.1 Å². The first-order valence-electron chi connectivity index (χ1n) is 4.98. The van der Waals surface area contributed by atoms with E-state index in [0.717, 1.165) is 5.56 Å². The minimum Gasteiger partial charge on any atom is -0.496 e. The van der Waals surface area contributed by atoms with Gasteiger partial charge in [-0.25, -0.2) is 4.98 Å². The Morgan fingerprint density at radius 1 is 1.35 bits per heavy atom. The highest BCUT2D eigenvalue weighted by atomic mass is 35.5. The number of nitrogens with zero attached hydrogens (tertiary/aromatic N) is 2. The maximum Gasteiger partial charge on any atom is 0.233 e. The van der Waals surface area contributed by atoms with Crippen LogP contribution in [0.4, 0.5) is 0 Å². The lowest BCUT2D eigenvalue weighted by Crippen LogP contribution is -1.93. The molecule has 0 aliphatic rings. The van der Waals surface area contributed by atoms with Crippen molar-refractivity contribution in [2.45, 2.75) is 6.92 Å². The summed E-state index contributed by atoms with van der Waals surface area (Å²) in [5.41, 5.74) is 1.79. The van der Waals surface area contributed by atoms with E-state index in [2.05, 4.69) is 9.97 Å². The van der Waals surface area contributed by atoms with Gasteiger partial charge in [-0.1, -0.05) is 17.7 Å². The van der Waals surface area contributed by atoms with Crippen molar-refractivity contribution in [3.63, 3.8) is 0 Å². The van der Waals surface area contributed by atoms with Crippen LogP contribution in [0.3, 0.4) is 0 Å². The van der Waals surface area contributed by atoms with Crippen molar-refractivity contribution < 1.29 is 9.84 Å². The van der Waals surface area contributed by atoms with E-state index in [-0.39, 0.29) is 10.9 Å². The molecular formula is C12H11ClN2O2. The molecule has 0 aliphatic carbocycles. The van der Waals surface area contributed by atoms with Crippen LogP contribution in [0.2, 0.25) is 5.02 Å². The highest BCUT2D eigenvalue weighted by Gasteiger charge is 2.11. The van der Waals surface area contributed by atoms with Crippen LogP contribution < -0.4 is 4.74 Å². The zero-order valence-corrected chi connectivity index (χ0v) is 10.2. The number of benzene rings is 1. The molecule has 1 heterocycles. The van der Waals surface area contributed by atoms with Gasteiger partial charge in [-0.05, 0) is 24.6 Å². The number of aromatic nitrogens is 2. The summed E-state index contributed by atoms with van der Waals surface area (Å²) in [5, 5.41) is 9.58. The maximum absolute atomic E-state index is 9.46. The number of aryl methyl sites for hydroxylation is 1. The fourth-order valence-electron chi connectivity index (χ4n) is 1.47. The Morgan fingerprint density at radius 2 is 2.12 bits per heavy atom. The van der Waals surface area contributed by atoms with Gasteiger partial charge in [0.25, 0.3) is 0 Å². The number of aromatic hydroxyl groups is 1. The molecule has 0 amide bonds. The van der Waals surface area contributed by atoms with Crippen LogP contribution in [0.5, 0.6) is 11.6 Å². The first-order valence-corrected chi connectivity index (χ1v) is 5.36. The minimum absolute atomic E-state index is 0.125. The van der Waals surface area contributed by atoms with Gasteiger partial charge in [0.15, 0.2) is 5.82 Å². The largest absolute Gasteiger partial charge is 0.496 e. The summed E-state index contributed by atoms with van der Waals surface area (Å²) in [4.78, 5) is 7.98. The number of halogens is 1. The third-order valence-corrected chi connectivity index (χ3v) is 2.59. The minimum atomic E-state index is -0.237. The number of rotatable bonds is 2. The van der Waals surface area contributed by atoms with E-state index in [1.165, 1.54) is 6.20 Å². The van der Waals surface area contributed by atoms with Crippen LogP contribution in [-0.4, -0.2) is 22.2 Å². The lowest BCUT2D eigenvalue weighted by Gasteiger charge is -2.08. The van der Waals surface area contributed by atoms with E-state index in [9.17, 15) is 5.11 Å². The molecule has 0 aliphatic heterocycles. The van der Waals surface area contributed by atoms with Gasteiger partial charge in [-0.2, -0.15) is 4.98 Å². The summed E-state index contributed by atoms with van der Waals surface area (Å²) in [6.07, 6.45) is 1.36. The summed E-state index contributed by atoms with van der Waals surface area (Å²) < 4.78 is 5.26. The van der Waals surface area contributed by atoms with Crippen LogP contribution in [0, 0.1) is 6.92 Å². The van der Waals surface area contributed by atoms with Crippen LogP contribution in [-0.2, 0) is 0 Å². The van der Waals surface area contributed by atoms with Crippen molar-refractivity contribution in [3.8, 4) is 23.0 Å². The van der Waals surface area contributed by atoms with Crippen LogP contribution in [0.25, 0.3) is 11.4 Å². The normalized spacial score (nSPS) is 10.3. The molecule has 0 unspecified atom stereocenters. The molecule has 1 N–H and O–H groups in total. The molecule has 1 aromatic heterocycles. The van der Waals surface area contributed by atoms with Gasteiger partial charge in [0.2, 0.25) is 5.88 Å². The van der Waals surface area contributed by atoms with Crippen LogP contribution in [0.1, 0.15) is 5.56 Å². The van der Waals surface area contributed by atoms with E-state index in [4.69, 9.17) is 16.3 Å². The molecule has 0 saturated carbocycles. The van der Waals surface area contributed by atoms with Gasteiger partial charge in [0, 0.05) is 0 Å². The monoisotopic (exact) mass is 250 g/mol. The number of methoxy groups -OCH3 is 1. The Balaban J connectivity index is 2.55. The first-order chi connectivity index (χ1) is 8.11. The van der Waals surface area contributed by atoms with E-state index < -0.39 is 0 Å². The standard InChI is InChI=1S/C12H11ClN2O2/c1-7-3-4-8(10(5-7)17-2)11-14-6-9(13)12(16)15-11/h3-6H,1-2H3,(H,14,15,16). The molecule has 17 heavy (non-hydrogen) atoms. The molecule has 0 fully saturated rings. The Morgan fingerprint density at radius 3 is 2.76 bits per heavy atom. The van der Waals surface area contributed by atoms with Crippen molar-refractivity contribution in [2.75, 3.05) is 7.11 Å². The fourth-order valence-corrected chi connectivity index (χ4v) is 1.56. The molecule has 1 aromatic carbocycles. The van der Waals surface area contributed by atoms with E-state index in [1.54, 1.807) is 7.11 Å². The fraction of sp³-hybridized carbons (Fsp3) is 0.167. The SMILES string of the molecule is COc1cc(C)ccc1-c1ncc(Cl)c(O)n1. The van der Waals surface area contributed by atoms with E-state index >= 15 is 0 Å². The second kappa shape index (κ2) is 4.59. The van der Waals surface area contributed by atoms with Gasteiger partial charge in [-0.3, -0.25) is 0 Å². The topological polar surface area (TPSA) is 55.2 Å². The summed E-state index contributed by atoms with van der Waals surface area (Å²) in [5.74, 6) is 0.801. The van der Waals surface area contributed by atoms with Crippen LogP contribution >= 0.6 is 11.6 Å². The summed E-state index contributed by atoms with van der Waals surface area (Å²) >= 11 is 5.66. The van der Waals surface area contributed by atoms with Gasteiger partial charge >= 0.3 is 0 Å². The first kappa shape index (κ1) is 11.7. The molecule has 0 saturated heterocycles. The quantitative estimate of drug-likeness (QED) is 0.891. The Bertz CT molecular complexity index is 558. The Labute approximate surface area is 104 Å². The summed E-state index contributed by atoms with van der Waals surface area (Å²) in [6.45, 7) is 1.96. The summed E-state index contributed by atoms with van der Waals surface area (Å²) in [7, 11) is 1.58. The highest BCUT2D eigenvalue weighted by molar-refractivity contribution is 6.31. The molecule has 0 bridgehead atoms.